The van der Waals surface area contributed by atoms with Crippen LogP contribution in [0.15, 0.2) is 12.1 Å². The molecular weight excluding hydrogens is 279 g/mol. The van der Waals surface area contributed by atoms with E-state index in [9.17, 15) is 14.3 Å². The van der Waals surface area contributed by atoms with Crippen molar-refractivity contribution < 1.29 is 23.8 Å². The van der Waals surface area contributed by atoms with Crippen LogP contribution in [0.25, 0.3) is 0 Å². The number of aliphatic hydroxyl groups excluding tert-OH is 1. The third-order valence-corrected chi connectivity index (χ3v) is 3.55. The number of amides is 1. The summed E-state index contributed by atoms with van der Waals surface area (Å²) in [7, 11) is 2.81. The summed E-state index contributed by atoms with van der Waals surface area (Å²) in [6.07, 6.45) is -0.499. The number of carbonyl (C=O) groups excluding carboxylic acids is 1. The van der Waals surface area contributed by atoms with E-state index in [1.807, 2.05) is 0 Å². The summed E-state index contributed by atoms with van der Waals surface area (Å²) < 4.78 is 23.9. The smallest absolute Gasteiger partial charge is 0.254 e. The van der Waals surface area contributed by atoms with Crippen LogP contribution in [0.5, 0.6) is 11.5 Å². The van der Waals surface area contributed by atoms with Crippen molar-refractivity contribution in [1.29, 1.82) is 0 Å². The molecule has 6 nitrogen and oxygen atoms in total. The van der Waals surface area contributed by atoms with Crippen molar-refractivity contribution in [3.63, 3.8) is 0 Å². The molecule has 2 rings (SSSR count). The van der Waals surface area contributed by atoms with Gasteiger partial charge in [-0.05, 0) is 6.07 Å². The topological polar surface area (TPSA) is 79.8 Å². The average molecular weight is 298 g/mol. The fourth-order valence-corrected chi connectivity index (χ4v) is 2.27. The summed E-state index contributed by atoms with van der Waals surface area (Å²) in [4.78, 5) is 12.0. The van der Waals surface area contributed by atoms with Gasteiger partial charge in [0.25, 0.3) is 5.91 Å². The molecule has 1 amide bonds. The Bertz CT molecular complexity index is 524. The first-order valence-corrected chi connectivity index (χ1v) is 6.65. The lowest BCUT2D eigenvalue weighted by Crippen LogP contribution is -2.34. The Hall–Kier alpha value is -1.86. The van der Waals surface area contributed by atoms with E-state index in [4.69, 9.17) is 9.47 Å². The SMILES string of the molecule is COc1cc(F)c(C(=O)NCC2CNCC2O)cc1OC. The Morgan fingerprint density at radius 2 is 2.05 bits per heavy atom. The molecule has 0 spiro atoms. The molecule has 1 fully saturated rings. The zero-order valence-corrected chi connectivity index (χ0v) is 12.0. The fourth-order valence-electron chi connectivity index (χ4n) is 2.27. The zero-order chi connectivity index (χ0) is 15.4. The predicted molar refractivity (Wildman–Crippen MR) is 74.2 cm³/mol. The van der Waals surface area contributed by atoms with Crippen LogP contribution in [0.4, 0.5) is 4.39 Å². The number of hydrogen-bond acceptors (Lipinski definition) is 5. The van der Waals surface area contributed by atoms with Crippen molar-refractivity contribution in [3.05, 3.63) is 23.5 Å². The van der Waals surface area contributed by atoms with E-state index in [2.05, 4.69) is 10.6 Å². The van der Waals surface area contributed by atoms with Crippen molar-refractivity contribution in [3.8, 4) is 11.5 Å². The lowest BCUT2D eigenvalue weighted by atomic mass is 10.1. The number of β-amino-alcohol motifs (C(OH)–C–C–N with tert-alkyl or cyclic N) is 1. The lowest BCUT2D eigenvalue weighted by molar-refractivity contribution is 0.0922. The largest absolute Gasteiger partial charge is 0.493 e. The molecule has 21 heavy (non-hydrogen) atoms. The van der Waals surface area contributed by atoms with Crippen LogP contribution in [-0.2, 0) is 0 Å². The van der Waals surface area contributed by atoms with E-state index < -0.39 is 17.8 Å². The number of nitrogens with one attached hydrogen (secondary N) is 2. The normalized spacial score (nSPS) is 21.1. The number of hydrogen-bond donors (Lipinski definition) is 3. The van der Waals surface area contributed by atoms with E-state index in [1.165, 1.54) is 20.3 Å². The Morgan fingerprint density at radius 1 is 1.38 bits per heavy atom. The highest BCUT2D eigenvalue weighted by Gasteiger charge is 2.26. The van der Waals surface area contributed by atoms with Crippen LogP contribution in [0, 0.1) is 11.7 Å². The first-order valence-electron chi connectivity index (χ1n) is 6.65. The van der Waals surface area contributed by atoms with Crippen molar-refractivity contribution in [1.82, 2.24) is 10.6 Å². The Balaban J connectivity index is 2.08. The first-order chi connectivity index (χ1) is 10.1. The maximum atomic E-state index is 13.9. The van der Waals surface area contributed by atoms with Crippen LogP contribution in [0.1, 0.15) is 10.4 Å². The minimum atomic E-state index is -0.685. The molecule has 0 aromatic heterocycles. The number of benzene rings is 1. The van der Waals surface area contributed by atoms with Gasteiger partial charge < -0.3 is 25.2 Å². The molecule has 1 saturated heterocycles. The van der Waals surface area contributed by atoms with Gasteiger partial charge in [-0.1, -0.05) is 0 Å². The summed E-state index contributed by atoms with van der Waals surface area (Å²) in [5.74, 6) is -0.798. The minimum absolute atomic E-state index is 0.0721. The van der Waals surface area contributed by atoms with Gasteiger partial charge in [-0.25, -0.2) is 4.39 Å². The van der Waals surface area contributed by atoms with E-state index in [-0.39, 0.29) is 29.5 Å². The highest BCUT2D eigenvalue weighted by atomic mass is 19.1. The molecule has 2 unspecified atom stereocenters. The Morgan fingerprint density at radius 3 is 2.62 bits per heavy atom. The second-order valence-corrected chi connectivity index (χ2v) is 4.88. The maximum Gasteiger partial charge on any atom is 0.254 e. The molecule has 0 saturated carbocycles. The van der Waals surface area contributed by atoms with Crippen molar-refractivity contribution in [2.45, 2.75) is 6.10 Å². The number of carbonyl (C=O) groups is 1. The maximum absolute atomic E-state index is 13.9. The highest BCUT2D eigenvalue weighted by Crippen LogP contribution is 2.29. The molecule has 0 aliphatic carbocycles. The molecule has 0 radical (unpaired) electrons. The summed E-state index contributed by atoms with van der Waals surface area (Å²) in [6, 6.07) is 2.41. The third-order valence-electron chi connectivity index (χ3n) is 3.55. The molecule has 1 aromatic rings. The minimum Gasteiger partial charge on any atom is -0.493 e. The van der Waals surface area contributed by atoms with Crippen molar-refractivity contribution in [2.24, 2.45) is 5.92 Å². The second-order valence-electron chi connectivity index (χ2n) is 4.88. The van der Waals surface area contributed by atoms with E-state index in [1.54, 1.807) is 0 Å². The second kappa shape index (κ2) is 6.73. The molecule has 116 valence electrons. The zero-order valence-electron chi connectivity index (χ0n) is 12.0. The molecule has 0 bridgehead atoms. The van der Waals surface area contributed by atoms with E-state index >= 15 is 0 Å². The van der Waals surface area contributed by atoms with Gasteiger partial charge in [0.1, 0.15) is 5.82 Å². The standard InChI is InChI=1S/C14H19FN2O4/c1-20-12-3-9(10(15)4-13(12)21-2)14(19)17-6-8-5-16-7-11(8)18/h3-4,8,11,16,18H,5-7H2,1-2H3,(H,17,19). The van der Waals surface area contributed by atoms with Gasteiger partial charge in [-0.2, -0.15) is 0 Å². The number of ether oxygens (including phenoxy) is 2. The summed E-state index contributed by atoms with van der Waals surface area (Å²) in [6.45, 7) is 1.40. The van der Waals surface area contributed by atoms with Crippen molar-refractivity contribution >= 4 is 5.91 Å². The van der Waals surface area contributed by atoms with Crippen LogP contribution in [0.3, 0.4) is 0 Å². The number of aliphatic hydroxyl groups is 1. The van der Waals surface area contributed by atoms with Crippen LogP contribution >= 0.6 is 0 Å². The monoisotopic (exact) mass is 298 g/mol. The molecule has 1 aliphatic heterocycles. The number of rotatable bonds is 5. The summed E-state index contributed by atoms with van der Waals surface area (Å²) in [5.41, 5.74) is -0.118. The van der Waals surface area contributed by atoms with Gasteiger partial charge in [0.2, 0.25) is 0 Å². The van der Waals surface area contributed by atoms with E-state index in [0.717, 1.165) is 6.07 Å². The highest BCUT2D eigenvalue weighted by molar-refractivity contribution is 5.95. The molecule has 3 N–H and O–H groups in total. The molecule has 7 heteroatoms. The van der Waals surface area contributed by atoms with Gasteiger partial charge in [0, 0.05) is 31.6 Å². The van der Waals surface area contributed by atoms with Crippen LogP contribution in [0.2, 0.25) is 0 Å². The van der Waals surface area contributed by atoms with Gasteiger partial charge in [0.15, 0.2) is 11.5 Å². The molecule has 1 aromatic carbocycles. The lowest BCUT2D eigenvalue weighted by Gasteiger charge is -2.15. The molecule has 2 atom stereocenters. The molecule has 1 heterocycles. The van der Waals surface area contributed by atoms with E-state index in [0.29, 0.717) is 13.1 Å². The fraction of sp³-hybridized carbons (Fsp3) is 0.500. The first kappa shape index (κ1) is 15.5. The number of halogens is 1. The van der Waals surface area contributed by atoms with Crippen LogP contribution < -0.4 is 20.1 Å². The van der Waals surface area contributed by atoms with Gasteiger partial charge in [-0.3, -0.25) is 4.79 Å². The van der Waals surface area contributed by atoms with Gasteiger partial charge in [0.05, 0.1) is 25.9 Å². The number of methoxy groups -OCH3 is 2. The van der Waals surface area contributed by atoms with Crippen LogP contribution in [-0.4, -0.2) is 51.0 Å². The van der Waals surface area contributed by atoms with Gasteiger partial charge in [-0.15, -0.1) is 0 Å². The molecule has 1 aliphatic rings. The van der Waals surface area contributed by atoms with Gasteiger partial charge >= 0.3 is 0 Å². The predicted octanol–water partition coefficient (Wildman–Crippen LogP) is 0.153. The quantitative estimate of drug-likeness (QED) is 0.721. The third kappa shape index (κ3) is 3.43. The Labute approximate surface area is 122 Å². The average Bonchev–Trinajstić information content (AvgIpc) is 2.89. The summed E-state index contributed by atoms with van der Waals surface area (Å²) >= 11 is 0. The summed E-state index contributed by atoms with van der Waals surface area (Å²) in [5, 5.41) is 15.3. The Kier molecular flexibility index (Phi) is 4.98. The van der Waals surface area contributed by atoms with Crippen molar-refractivity contribution in [2.75, 3.05) is 33.9 Å². The molecular formula is C14H19FN2O4.